The molecular formula is C11H14Cl2N2O. The van der Waals surface area contributed by atoms with E-state index in [1.165, 1.54) is 38.3 Å². The van der Waals surface area contributed by atoms with Crippen LogP contribution in [0.25, 0.3) is 0 Å². The van der Waals surface area contributed by atoms with Crippen LogP contribution in [0.2, 0.25) is 10.2 Å². The lowest BCUT2D eigenvalue weighted by molar-refractivity contribution is 0.208. The Bertz CT molecular complexity index is 354. The van der Waals surface area contributed by atoms with Crippen molar-refractivity contribution in [3.05, 3.63) is 16.4 Å². The van der Waals surface area contributed by atoms with E-state index in [0.29, 0.717) is 23.3 Å². The minimum Gasteiger partial charge on any atom is -0.490 e. The molecule has 1 aliphatic rings. The van der Waals surface area contributed by atoms with E-state index in [0.717, 1.165) is 0 Å². The van der Waals surface area contributed by atoms with Crippen LogP contribution in [0.4, 0.5) is 0 Å². The van der Waals surface area contributed by atoms with Gasteiger partial charge >= 0.3 is 0 Å². The summed E-state index contributed by atoms with van der Waals surface area (Å²) >= 11 is 11.7. The maximum Gasteiger partial charge on any atom is 0.174 e. The first-order chi connectivity index (χ1) is 7.77. The summed E-state index contributed by atoms with van der Waals surface area (Å²) in [5.74, 6) is 1.17. The number of ether oxygens (including phenoxy) is 1. The van der Waals surface area contributed by atoms with Crippen molar-refractivity contribution in [1.82, 2.24) is 10.2 Å². The van der Waals surface area contributed by atoms with Gasteiger partial charge in [-0.25, -0.2) is 0 Å². The van der Waals surface area contributed by atoms with E-state index in [1.807, 2.05) is 0 Å². The van der Waals surface area contributed by atoms with E-state index in [9.17, 15) is 0 Å². The Labute approximate surface area is 105 Å². The Kier molecular flexibility index (Phi) is 4.24. The van der Waals surface area contributed by atoms with E-state index < -0.39 is 0 Å². The molecule has 2 rings (SSSR count). The van der Waals surface area contributed by atoms with Crippen molar-refractivity contribution in [3.63, 3.8) is 0 Å². The monoisotopic (exact) mass is 260 g/mol. The molecule has 0 saturated heterocycles. The van der Waals surface area contributed by atoms with E-state index in [2.05, 4.69) is 10.2 Å². The normalized spacial score (nSPS) is 17.4. The van der Waals surface area contributed by atoms with Gasteiger partial charge in [0.25, 0.3) is 0 Å². The second kappa shape index (κ2) is 5.69. The molecule has 0 bridgehead atoms. The van der Waals surface area contributed by atoms with Gasteiger partial charge in [-0.05, 0) is 18.8 Å². The lowest BCUT2D eigenvalue weighted by Gasteiger charge is -2.21. The fourth-order valence-electron chi connectivity index (χ4n) is 2.00. The summed E-state index contributed by atoms with van der Waals surface area (Å²) in [7, 11) is 0. The second-order valence-electron chi connectivity index (χ2n) is 4.13. The standard InChI is InChI=1S/C11H14Cl2N2O/c12-10-9(6-14-15-11(10)13)16-7-8-4-2-1-3-5-8/h6,8H,1-5,7H2. The van der Waals surface area contributed by atoms with Gasteiger partial charge in [-0.1, -0.05) is 42.5 Å². The maximum absolute atomic E-state index is 5.95. The largest absolute Gasteiger partial charge is 0.490 e. The van der Waals surface area contributed by atoms with Gasteiger partial charge in [0.15, 0.2) is 10.9 Å². The predicted octanol–water partition coefficient (Wildman–Crippen LogP) is 3.74. The quantitative estimate of drug-likeness (QED) is 0.831. The average Bonchev–Trinajstić information content (AvgIpc) is 2.32. The number of halogens is 2. The maximum atomic E-state index is 5.95. The Balaban J connectivity index is 1.91. The smallest absolute Gasteiger partial charge is 0.174 e. The Morgan fingerprint density at radius 1 is 1.25 bits per heavy atom. The number of nitrogens with zero attached hydrogens (tertiary/aromatic N) is 2. The van der Waals surface area contributed by atoms with Crippen molar-refractivity contribution in [1.29, 1.82) is 0 Å². The molecule has 1 aromatic rings. The summed E-state index contributed by atoms with van der Waals surface area (Å²) < 4.78 is 5.64. The summed E-state index contributed by atoms with van der Waals surface area (Å²) in [5, 5.41) is 7.91. The van der Waals surface area contributed by atoms with E-state index in [-0.39, 0.29) is 5.15 Å². The first kappa shape index (κ1) is 11.9. The molecule has 0 amide bonds. The molecule has 0 unspecified atom stereocenters. The van der Waals surface area contributed by atoms with Crippen LogP contribution in [0.15, 0.2) is 6.20 Å². The van der Waals surface area contributed by atoms with Gasteiger partial charge in [-0.3, -0.25) is 0 Å². The van der Waals surface area contributed by atoms with Gasteiger partial charge in [0.1, 0.15) is 5.02 Å². The average molecular weight is 261 g/mol. The lowest BCUT2D eigenvalue weighted by Crippen LogP contribution is -2.15. The number of aromatic nitrogens is 2. The molecule has 88 valence electrons. The van der Waals surface area contributed by atoms with Gasteiger partial charge in [-0.2, -0.15) is 5.10 Å². The molecule has 0 atom stereocenters. The van der Waals surface area contributed by atoms with Crippen LogP contribution in [0.1, 0.15) is 32.1 Å². The van der Waals surface area contributed by atoms with Gasteiger partial charge in [-0.15, -0.1) is 5.10 Å². The molecule has 1 aliphatic carbocycles. The van der Waals surface area contributed by atoms with Gasteiger partial charge in [0.2, 0.25) is 0 Å². The Morgan fingerprint density at radius 3 is 2.75 bits per heavy atom. The van der Waals surface area contributed by atoms with Crippen molar-refractivity contribution in [3.8, 4) is 5.75 Å². The molecule has 16 heavy (non-hydrogen) atoms. The highest BCUT2D eigenvalue weighted by atomic mass is 35.5. The molecule has 0 aromatic carbocycles. The molecular weight excluding hydrogens is 247 g/mol. The first-order valence-electron chi connectivity index (χ1n) is 5.57. The third-order valence-electron chi connectivity index (χ3n) is 2.92. The van der Waals surface area contributed by atoms with E-state index >= 15 is 0 Å². The fraction of sp³-hybridized carbons (Fsp3) is 0.636. The summed E-state index contributed by atoms with van der Waals surface area (Å²) in [6, 6.07) is 0. The number of rotatable bonds is 3. The number of hydrogen-bond donors (Lipinski definition) is 0. The molecule has 1 fully saturated rings. The van der Waals surface area contributed by atoms with Crippen LogP contribution >= 0.6 is 23.2 Å². The lowest BCUT2D eigenvalue weighted by atomic mass is 9.90. The third kappa shape index (κ3) is 2.98. The van der Waals surface area contributed by atoms with Crippen LogP contribution in [-0.2, 0) is 0 Å². The highest BCUT2D eigenvalue weighted by Gasteiger charge is 2.15. The fourth-order valence-corrected chi connectivity index (χ4v) is 2.27. The van der Waals surface area contributed by atoms with Gasteiger partial charge in [0.05, 0.1) is 12.8 Å². The zero-order valence-corrected chi connectivity index (χ0v) is 10.5. The summed E-state index contributed by atoms with van der Waals surface area (Å²) in [6.45, 7) is 0.696. The van der Waals surface area contributed by atoms with Crippen LogP contribution in [0.3, 0.4) is 0 Å². The highest BCUT2D eigenvalue weighted by Crippen LogP contribution is 2.30. The van der Waals surface area contributed by atoms with Crippen molar-refractivity contribution in [2.75, 3.05) is 6.61 Å². The van der Waals surface area contributed by atoms with Crippen molar-refractivity contribution in [2.24, 2.45) is 5.92 Å². The Morgan fingerprint density at radius 2 is 2.00 bits per heavy atom. The molecule has 1 aromatic heterocycles. The summed E-state index contributed by atoms with van der Waals surface area (Å²) in [4.78, 5) is 0. The Hall–Kier alpha value is -0.540. The minimum absolute atomic E-state index is 0.197. The molecule has 1 heterocycles. The predicted molar refractivity (Wildman–Crippen MR) is 64.1 cm³/mol. The van der Waals surface area contributed by atoms with Gasteiger partial charge < -0.3 is 4.74 Å². The van der Waals surface area contributed by atoms with Crippen LogP contribution < -0.4 is 4.74 Å². The van der Waals surface area contributed by atoms with E-state index in [1.54, 1.807) is 0 Å². The van der Waals surface area contributed by atoms with E-state index in [4.69, 9.17) is 27.9 Å². The zero-order chi connectivity index (χ0) is 11.4. The third-order valence-corrected chi connectivity index (χ3v) is 3.64. The first-order valence-corrected chi connectivity index (χ1v) is 6.32. The SMILES string of the molecule is Clc1nncc(OCC2CCCCC2)c1Cl. The van der Waals surface area contributed by atoms with Crippen LogP contribution in [0.5, 0.6) is 5.75 Å². The van der Waals surface area contributed by atoms with Crippen LogP contribution in [-0.4, -0.2) is 16.8 Å². The molecule has 0 N–H and O–H groups in total. The highest BCUT2D eigenvalue weighted by molar-refractivity contribution is 6.42. The van der Waals surface area contributed by atoms with Crippen molar-refractivity contribution >= 4 is 23.2 Å². The molecule has 5 heteroatoms. The second-order valence-corrected chi connectivity index (χ2v) is 4.86. The van der Waals surface area contributed by atoms with Crippen LogP contribution in [0, 0.1) is 5.92 Å². The summed E-state index contributed by atoms with van der Waals surface area (Å²) in [5.41, 5.74) is 0. The van der Waals surface area contributed by atoms with Crippen molar-refractivity contribution in [2.45, 2.75) is 32.1 Å². The van der Waals surface area contributed by atoms with Crippen molar-refractivity contribution < 1.29 is 4.74 Å². The molecule has 0 aliphatic heterocycles. The topological polar surface area (TPSA) is 35.0 Å². The summed E-state index contributed by atoms with van der Waals surface area (Å²) in [6.07, 6.45) is 7.94. The minimum atomic E-state index is 0.197. The molecule has 1 saturated carbocycles. The zero-order valence-electron chi connectivity index (χ0n) is 8.96. The molecule has 0 radical (unpaired) electrons. The molecule has 3 nitrogen and oxygen atoms in total. The van der Waals surface area contributed by atoms with Gasteiger partial charge in [0, 0.05) is 0 Å². The molecule has 0 spiro atoms. The number of hydrogen-bond acceptors (Lipinski definition) is 3.